The summed E-state index contributed by atoms with van der Waals surface area (Å²) in [4.78, 5) is 2.51. The van der Waals surface area contributed by atoms with Crippen LogP contribution in [0.1, 0.15) is 37.3 Å². The molecule has 0 aromatic heterocycles. The smallest absolute Gasteiger partial charge is 0.122 e. The van der Waals surface area contributed by atoms with E-state index in [0.29, 0.717) is 0 Å². The van der Waals surface area contributed by atoms with Crippen molar-refractivity contribution in [2.45, 2.75) is 32.7 Å². The summed E-state index contributed by atoms with van der Waals surface area (Å²) >= 11 is 0. The third kappa shape index (κ3) is 3.33. The third-order valence-electron chi connectivity index (χ3n) is 3.86. The first-order valence-electron chi connectivity index (χ1n) is 6.84. The second kappa shape index (κ2) is 6.01. The van der Waals surface area contributed by atoms with E-state index in [0.717, 1.165) is 24.6 Å². The second-order valence-corrected chi connectivity index (χ2v) is 5.24. The Kier molecular flexibility index (Phi) is 4.37. The molecule has 0 bridgehead atoms. The summed E-state index contributed by atoms with van der Waals surface area (Å²) in [5, 5.41) is 7.38. The molecule has 0 unspecified atom stereocenters. The number of hydrogen-bond donors (Lipinski definition) is 2. The van der Waals surface area contributed by atoms with Gasteiger partial charge in [-0.25, -0.2) is 0 Å². The number of nitrogens with two attached hydrogens (primary N) is 1. The van der Waals surface area contributed by atoms with Crippen molar-refractivity contribution >= 4 is 5.84 Å². The van der Waals surface area contributed by atoms with Crippen molar-refractivity contribution in [3.8, 4) is 0 Å². The molecule has 3 heteroatoms. The summed E-state index contributed by atoms with van der Waals surface area (Å²) in [6, 6.07) is 8.05. The van der Waals surface area contributed by atoms with Gasteiger partial charge in [-0.15, -0.1) is 0 Å². The van der Waals surface area contributed by atoms with Crippen molar-refractivity contribution in [3.05, 3.63) is 35.4 Å². The van der Waals surface area contributed by atoms with E-state index in [1.165, 1.54) is 31.4 Å². The van der Waals surface area contributed by atoms with Gasteiger partial charge < -0.3 is 5.73 Å². The molecule has 0 radical (unpaired) electrons. The van der Waals surface area contributed by atoms with Crippen molar-refractivity contribution in [2.75, 3.05) is 13.1 Å². The van der Waals surface area contributed by atoms with Crippen LogP contribution in [0.15, 0.2) is 24.3 Å². The molecular formula is C15H23N3. The van der Waals surface area contributed by atoms with E-state index < -0.39 is 0 Å². The maximum absolute atomic E-state index is 7.38. The normalized spacial score (nSPS) is 15.7. The number of nitrogen functional groups attached to an aromatic ring is 1. The Morgan fingerprint density at radius 2 is 2.00 bits per heavy atom. The predicted octanol–water partition coefficient (Wildman–Crippen LogP) is 2.59. The first kappa shape index (κ1) is 13.1. The lowest BCUT2D eigenvalue weighted by atomic mass is 9.85. The molecule has 98 valence electrons. The molecule has 1 aromatic carbocycles. The predicted molar refractivity (Wildman–Crippen MR) is 75.8 cm³/mol. The van der Waals surface area contributed by atoms with Crippen LogP contribution in [0.4, 0.5) is 0 Å². The molecule has 0 saturated heterocycles. The van der Waals surface area contributed by atoms with Crippen LogP contribution >= 0.6 is 0 Å². The minimum absolute atomic E-state index is 0.142. The summed E-state index contributed by atoms with van der Waals surface area (Å²) in [6.07, 6.45) is 4.22. The fourth-order valence-corrected chi connectivity index (χ4v) is 2.39. The molecular weight excluding hydrogens is 222 g/mol. The van der Waals surface area contributed by atoms with Gasteiger partial charge in [-0.2, -0.15) is 0 Å². The molecule has 1 saturated carbocycles. The molecule has 3 N–H and O–H groups in total. The first-order valence-corrected chi connectivity index (χ1v) is 6.84. The lowest BCUT2D eigenvalue weighted by Gasteiger charge is -2.31. The fraction of sp³-hybridized carbons (Fsp3) is 0.533. The average molecular weight is 245 g/mol. The molecule has 1 fully saturated rings. The molecule has 0 amide bonds. The van der Waals surface area contributed by atoms with E-state index >= 15 is 0 Å². The molecule has 1 aliphatic rings. The third-order valence-corrected chi connectivity index (χ3v) is 3.86. The van der Waals surface area contributed by atoms with Crippen LogP contribution in [0.25, 0.3) is 0 Å². The Bertz CT molecular complexity index is 393. The van der Waals surface area contributed by atoms with Gasteiger partial charge in [-0.05, 0) is 30.9 Å². The lowest BCUT2D eigenvalue weighted by Crippen LogP contribution is -2.32. The Morgan fingerprint density at radius 3 is 2.44 bits per heavy atom. The Morgan fingerprint density at radius 1 is 1.33 bits per heavy atom. The monoisotopic (exact) mass is 245 g/mol. The van der Waals surface area contributed by atoms with Crippen molar-refractivity contribution in [1.29, 1.82) is 5.41 Å². The fourth-order valence-electron chi connectivity index (χ4n) is 2.39. The zero-order valence-corrected chi connectivity index (χ0v) is 11.2. The molecule has 0 heterocycles. The molecule has 1 aliphatic carbocycles. The zero-order chi connectivity index (χ0) is 13.0. The Hall–Kier alpha value is -1.35. The standard InChI is InChI=1S/C15H23N3/c1-2-18(10-12-4-3-5-12)11-13-6-8-14(9-7-13)15(16)17/h6-9,12H,2-5,10-11H2,1H3,(H3,16,17). The van der Waals surface area contributed by atoms with E-state index in [1.807, 2.05) is 12.1 Å². The number of hydrogen-bond acceptors (Lipinski definition) is 2. The lowest BCUT2D eigenvalue weighted by molar-refractivity contribution is 0.178. The maximum atomic E-state index is 7.38. The topological polar surface area (TPSA) is 53.1 Å². The summed E-state index contributed by atoms with van der Waals surface area (Å²) in [5.74, 6) is 1.06. The van der Waals surface area contributed by atoms with Gasteiger partial charge in [-0.3, -0.25) is 10.3 Å². The van der Waals surface area contributed by atoms with Gasteiger partial charge in [0.15, 0.2) is 0 Å². The highest BCUT2D eigenvalue weighted by molar-refractivity contribution is 5.94. The zero-order valence-electron chi connectivity index (χ0n) is 11.2. The minimum atomic E-state index is 0.142. The summed E-state index contributed by atoms with van der Waals surface area (Å²) in [6.45, 7) is 5.56. The largest absolute Gasteiger partial charge is 0.384 e. The maximum Gasteiger partial charge on any atom is 0.122 e. The highest BCUT2D eigenvalue weighted by atomic mass is 15.1. The van der Waals surface area contributed by atoms with E-state index in [9.17, 15) is 0 Å². The highest BCUT2D eigenvalue weighted by Gasteiger charge is 2.19. The molecule has 2 rings (SSSR count). The van der Waals surface area contributed by atoms with Crippen LogP contribution in [0.3, 0.4) is 0 Å². The number of benzene rings is 1. The van der Waals surface area contributed by atoms with Gasteiger partial charge >= 0.3 is 0 Å². The molecule has 18 heavy (non-hydrogen) atoms. The van der Waals surface area contributed by atoms with Gasteiger partial charge in [0.05, 0.1) is 0 Å². The van der Waals surface area contributed by atoms with Crippen LogP contribution in [-0.2, 0) is 6.54 Å². The summed E-state index contributed by atoms with van der Waals surface area (Å²) in [5.41, 5.74) is 7.57. The Labute approximate surface area is 109 Å². The SMILES string of the molecule is CCN(Cc1ccc(C(=N)N)cc1)CC1CCC1. The van der Waals surface area contributed by atoms with Gasteiger partial charge in [-0.1, -0.05) is 37.6 Å². The molecule has 0 spiro atoms. The number of nitrogens with one attached hydrogen (secondary N) is 1. The average Bonchev–Trinajstić information content (AvgIpc) is 2.32. The van der Waals surface area contributed by atoms with E-state index in [4.69, 9.17) is 11.1 Å². The number of nitrogens with zero attached hydrogens (tertiary/aromatic N) is 1. The van der Waals surface area contributed by atoms with Gasteiger partial charge in [0.2, 0.25) is 0 Å². The quantitative estimate of drug-likeness (QED) is 0.598. The van der Waals surface area contributed by atoms with Crippen LogP contribution in [0.5, 0.6) is 0 Å². The van der Waals surface area contributed by atoms with E-state index in [-0.39, 0.29) is 5.84 Å². The summed E-state index contributed by atoms with van der Waals surface area (Å²) < 4.78 is 0. The molecule has 1 aromatic rings. The van der Waals surface area contributed by atoms with Crippen LogP contribution in [0.2, 0.25) is 0 Å². The number of amidine groups is 1. The van der Waals surface area contributed by atoms with E-state index in [2.05, 4.69) is 24.0 Å². The van der Waals surface area contributed by atoms with Crippen LogP contribution in [-0.4, -0.2) is 23.8 Å². The van der Waals surface area contributed by atoms with Gasteiger partial charge in [0.25, 0.3) is 0 Å². The van der Waals surface area contributed by atoms with Gasteiger partial charge in [0.1, 0.15) is 5.84 Å². The van der Waals surface area contributed by atoms with Crippen molar-refractivity contribution in [1.82, 2.24) is 4.90 Å². The second-order valence-electron chi connectivity index (χ2n) is 5.24. The molecule has 0 aliphatic heterocycles. The highest BCUT2D eigenvalue weighted by Crippen LogP contribution is 2.27. The van der Waals surface area contributed by atoms with Crippen molar-refractivity contribution in [2.24, 2.45) is 11.7 Å². The Balaban J connectivity index is 1.91. The van der Waals surface area contributed by atoms with Crippen molar-refractivity contribution in [3.63, 3.8) is 0 Å². The number of rotatable bonds is 6. The van der Waals surface area contributed by atoms with Gasteiger partial charge in [0, 0.05) is 18.7 Å². The van der Waals surface area contributed by atoms with E-state index in [1.54, 1.807) is 0 Å². The van der Waals surface area contributed by atoms with Crippen LogP contribution < -0.4 is 5.73 Å². The minimum Gasteiger partial charge on any atom is -0.384 e. The summed E-state index contributed by atoms with van der Waals surface area (Å²) in [7, 11) is 0. The van der Waals surface area contributed by atoms with Crippen LogP contribution in [0, 0.1) is 11.3 Å². The molecule has 0 atom stereocenters. The molecule has 3 nitrogen and oxygen atoms in total. The first-order chi connectivity index (χ1) is 8.69. The van der Waals surface area contributed by atoms with Crippen molar-refractivity contribution < 1.29 is 0 Å².